The average molecular weight is 336 g/mol. The minimum atomic E-state index is 0.547. The standard InChI is InChI=1S/C18H16N4OS/c1-11-4-7-14-16(8-11)23-17(21-14)13-6-5-12(2)15(9-13)22-18(24-3)20-10-19/h4-9H,1-3H3,(H,20,22). The molecule has 1 heterocycles. The first-order valence-corrected chi connectivity index (χ1v) is 8.59. The SMILES string of the molecule is CSC(=Nc1cc(-c2nc3ccc(C)cc3o2)ccc1C)NC#N. The van der Waals surface area contributed by atoms with E-state index < -0.39 is 0 Å². The van der Waals surface area contributed by atoms with Crippen LogP contribution in [0.25, 0.3) is 22.6 Å². The molecule has 0 aliphatic heterocycles. The van der Waals surface area contributed by atoms with Crippen molar-refractivity contribution in [1.29, 1.82) is 5.26 Å². The number of nitrogens with zero attached hydrogens (tertiary/aromatic N) is 3. The molecule has 1 N–H and O–H groups in total. The van der Waals surface area contributed by atoms with Gasteiger partial charge in [0.2, 0.25) is 5.89 Å². The van der Waals surface area contributed by atoms with Crippen LogP contribution in [-0.4, -0.2) is 16.4 Å². The Bertz CT molecular complexity index is 969. The fourth-order valence-electron chi connectivity index (χ4n) is 2.30. The molecule has 0 aliphatic carbocycles. The van der Waals surface area contributed by atoms with E-state index in [1.807, 2.05) is 62.7 Å². The number of hydrogen-bond donors (Lipinski definition) is 1. The summed E-state index contributed by atoms with van der Waals surface area (Å²) in [6.45, 7) is 3.99. The van der Waals surface area contributed by atoms with Gasteiger partial charge in [-0.15, -0.1) is 0 Å². The first-order chi connectivity index (χ1) is 11.6. The van der Waals surface area contributed by atoms with E-state index in [1.165, 1.54) is 11.8 Å². The fraction of sp³-hybridized carbons (Fsp3) is 0.167. The molecule has 1 aromatic heterocycles. The van der Waals surface area contributed by atoms with Crippen molar-refractivity contribution in [2.45, 2.75) is 13.8 Å². The van der Waals surface area contributed by atoms with E-state index in [1.54, 1.807) is 0 Å². The first-order valence-electron chi connectivity index (χ1n) is 7.36. The molecule has 3 aromatic rings. The molecule has 0 unspecified atom stereocenters. The highest BCUT2D eigenvalue weighted by Crippen LogP contribution is 2.30. The monoisotopic (exact) mass is 336 g/mol. The van der Waals surface area contributed by atoms with Gasteiger partial charge in [-0.05, 0) is 55.5 Å². The molecule has 0 saturated carbocycles. The van der Waals surface area contributed by atoms with Gasteiger partial charge in [0.1, 0.15) is 5.52 Å². The maximum Gasteiger partial charge on any atom is 0.227 e. The number of amidine groups is 1. The molecule has 0 radical (unpaired) electrons. The van der Waals surface area contributed by atoms with Gasteiger partial charge in [-0.3, -0.25) is 5.32 Å². The Kier molecular flexibility index (Phi) is 4.54. The molecule has 6 heteroatoms. The summed E-state index contributed by atoms with van der Waals surface area (Å²) in [5.41, 5.74) is 5.37. The van der Waals surface area contributed by atoms with E-state index in [0.717, 1.165) is 33.5 Å². The van der Waals surface area contributed by atoms with Gasteiger partial charge in [0.25, 0.3) is 0 Å². The molecule has 0 aliphatic rings. The molecule has 3 rings (SSSR count). The van der Waals surface area contributed by atoms with Crippen LogP contribution >= 0.6 is 11.8 Å². The van der Waals surface area contributed by atoms with E-state index >= 15 is 0 Å². The van der Waals surface area contributed by atoms with Crippen LogP contribution in [0.2, 0.25) is 0 Å². The van der Waals surface area contributed by atoms with Crippen LogP contribution in [-0.2, 0) is 0 Å². The average Bonchev–Trinajstić information content (AvgIpc) is 2.99. The van der Waals surface area contributed by atoms with Gasteiger partial charge in [-0.1, -0.05) is 23.9 Å². The number of thioether (sulfide) groups is 1. The van der Waals surface area contributed by atoms with E-state index in [-0.39, 0.29) is 0 Å². The molecular formula is C18H16N4OS. The van der Waals surface area contributed by atoms with E-state index in [4.69, 9.17) is 9.68 Å². The highest BCUT2D eigenvalue weighted by atomic mass is 32.2. The van der Waals surface area contributed by atoms with Crippen molar-refractivity contribution in [3.8, 4) is 17.6 Å². The van der Waals surface area contributed by atoms with Crippen LogP contribution in [0.15, 0.2) is 45.8 Å². The Hall–Kier alpha value is -2.78. The lowest BCUT2D eigenvalue weighted by Crippen LogP contribution is -2.12. The molecule has 5 nitrogen and oxygen atoms in total. The van der Waals surface area contributed by atoms with Gasteiger partial charge in [-0.25, -0.2) is 9.98 Å². The summed E-state index contributed by atoms with van der Waals surface area (Å²) in [6, 6.07) is 11.8. The maximum atomic E-state index is 8.77. The third-order valence-corrected chi connectivity index (χ3v) is 4.16. The number of benzene rings is 2. The number of hydrogen-bond acceptors (Lipinski definition) is 5. The van der Waals surface area contributed by atoms with Crippen LogP contribution in [0, 0.1) is 25.3 Å². The minimum Gasteiger partial charge on any atom is -0.436 e. The summed E-state index contributed by atoms with van der Waals surface area (Å²) in [5.74, 6) is 0.561. The largest absolute Gasteiger partial charge is 0.436 e. The Morgan fingerprint density at radius 3 is 2.83 bits per heavy atom. The van der Waals surface area contributed by atoms with E-state index in [0.29, 0.717) is 11.1 Å². The lowest BCUT2D eigenvalue weighted by Gasteiger charge is -2.05. The summed E-state index contributed by atoms with van der Waals surface area (Å²) in [5, 5.41) is 11.9. The third-order valence-electron chi connectivity index (χ3n) is 3.58. The van der Waals surface area contributed by atoms with Gasteiger partial charge in [0.15, 0.2) is 16.9 Å². The first kappa shape index (κ1) is 16.1. The third kappa shape index (κ3) is 3.26. The fourth-order valence-corrected chi connectivity index (χ4v) is 2.64. The summed E-state index contributed by atoms with van der Waals surface area (Å²) >= 11 is 1.38. The molecule has 2 aromatic carbocycles. The summed E-state index contributed by atoms with van der Waals surface area (Å²) in [7, 11) is 0. The van der Waals surface area contributed by atoms with Gasteiger partial charge in [0, 0.05) is 5.56 Å². The van der Waals surface area contributed by atoms with Crippen molar-refractivity contribution < 1.29 is 4.42 Å². The van der Waals surface area contributed by atoms with Crippen LogP contribution < -0.4 is 5.32 Å². The molecule has 0 amide bonds. The normalized spacial score (nSPS) is 11.5. The predicted molar refractivity (Wildman–Crippen MR) is 98.3 cm³/mol. The Morgan fingerprint density at radius 1 is 1.25 bits per heavy atom. The molecule has 0 fully saturated rings. The quantitative estimate of drug-likeness (QED) is 0.322. The van der Waals surface area contributed by atoms with E-state index in [2.05, 4.69) is 15.3 Å². The number of rotatable bonds is 2. The Morgan fingerprint density at radius 2 is 2.08 bits per heavy atom. The van der Waals surface area contributed by atoms with Crippen molar-refractivity contribution in [3.63, 3.8) is 0 Å². The van der Waals surface area contributed by atoms with Crippen molar-refractivity contribution in [3.05, 3.63) is 47.5 Å². The minimum absolute atomic E-state index is 0.547. The van der Waals surface area contributed by atoms with Crippen LogP contribution in [0.3, 0.4) is 0 Å². The molecule has 0 spiro atoms. The number of aryl methyl sites for hydroxylation is 2. The second-order valence-corrected chi connectivity index (χ2v) is 6.14. The lowest BCUT2D eigenvalue weighted by atomic mass is 10.1. The molecule has 0 saturated heterocycles. The summed E-state index contributed by atoms with van der Waals surface area (Å²) in [6.07, 6.45) is 3.76. The van der Waals surface area contributed by atoms with Crippen molar-refractivity contribution in [1.82, 2.24) is 10.3 Å². The topological polar surface area (TPSA) is 74.2 Å². The van der Waals surface area contributed by atoms with Crippen LogP contribution in [0.4, 0.5) is 5.69 Å². The van der Waals surface area contributed by atoms with Gasteiger partial charge in [0.05, 0.1) is 5.69 Å². The Labute approximate surface area is 144 Å². The highest BCUT2D eigenvalue weighted by Gasteiger charge is 2.10. The van der Waals surface area contributed by atoms with Gasteiger partial charge < -0.3 is 4.42 Å². The van der Waals surface area contributed by atoms with Gasteiger partial charge in [-0.2, -0.15) is 5.26 Å². The van der Waals surface area contributed by atoms with Crippen molar-refractivity contribution >= 4 is 33.7 Å². The summed E-state index contributed by atoms with van der Waals surface area (Å²) < 4.78 is 5.88. The van der Waals surface area contributed by atoms with Crippen LogP contribution in [0.1, 0.15) is 11.1 Å². The second kappa shape index (κ2) is 6.77. The van der Waals surface area contributed by atoms with Crippen molar-refractivity contribution in [2.24, 2.45) is 4.99 Å². The number of nitrogens with one attached hydrogen (secondary N) is 1. The smallest absolute Gasteiger partial charge is 0.227 e. The molecular weight excluding hydrogens is 320 g/mol. The number of nitriles is 1. The number of aromatic nitrogens is 1. The number of fused-ring (bicyclic) bond motifs is 1. The maximum absolute atomic E-state index is 8.77. The second-order valence-electron chi connectivity index (χ2n) is 5.35. The molecule has 0 bridgehead atoms. The Balaban J connectivity index is 2.05. The highest BCUT2D eigenvalue weighted by molar-refractivity contribution is 8.13. The predicted octanol–water partition coefficient (Wildman–Crippen LogP) is 4.53. The number of aliphatic imine (C=N–C) groups is 1. The summed E-state index contributed by atoms with van der Waals surface area (Å²) in [4.78, 5) is 9.04. The zero-order valence-electron chi connectivity index (χ0n) is 13.6. The van der Waals surface area contributed by atoms with Gasteiger partial charge >= 0.3 is 0 Å². The van der Waals surface area contributed by atoms with E-state index in [9.17, 15) is 0 Å². The molecule has 0 atom stereocenters. The zero-order chi connectivity index (χ0) is 17.1. The number of oxazole rings is 1. The lowest BCUT2D eigenvalue weighted by molar-refractivity contribution is 0.619. The molecule has 24 heavy (non-hydrogen) atoms. The van der Waals surface area contributed by atoms with Crippen molar-refractivity contribution in [2.75, 3.05) is 6.26 Å². The van der Waals surface area contributed by atoms with Crippen LogP contribution in [0.5, 0.6) is 0 Å². The zero-order valence-corrected chi connectivity index (χ0v) is 14.4. The molecule has 120 valence electrons.